The normalized spacial score (nSPS) is 16.4. The highest BCUT2D eigenvalue weighted by molar-refractivity contribution is 7.90. The van der Waals surface area contributed by atoms with Crippen molar-refractivity contribution < 1.29 is 8.42 Å². The van der Waals surface area contributed by atoms with Crippen LogP contribution in [0.15, 0.2) is 40.9 Å². The summed E-state index contributed by atoms with van der Waals surface area (Å²) in [6.45, 7) is 6.79. The quantitative estimate of drug-likeness (QED) is 0.597. The minimum atomic E-state index is -2.93. The van der Waals surface area contributed by atoms with Crippen LogP contribution in [0.1, 0.15) is 38.7 Å². The number of aliphatic imine (C=N–C) groups is 1. The van der Waals surface area contributed by atoms with Crippen LogP contribution >= 0.6 is 0 Å². The smallest absolute Gasteiger partial charge is 0.193 e. The van der Waals surface area contributed by atoms with E-state index in [1.165, 1.54) is 17.4 Å². The van der Waals surface area contributed by atoms with Crippen LogP contribution in [0.2, 0.25) is 0 Å². The molecule has 0 aliphatic carbocycles. The summed E-state index contributed by atoms with van der Waals surface area (Å²) in [7, 11) is -1.12. The number of benzene rings is 1. The van der Waals surface area contributed by atoms with Crippen LogP contribution in [0, 0.1) is 5.41 Å². The zero-order valence-electron chi connectivity index (χ0n) is 17.0. The monoisotopic (exact) mass is 391 g/mol. The maximum atomic E-state index is 11.4. The van der Waals surface area contributed by atoms with E-state index in [9.17, 15) is 8.42 Å². The first kappa shape index (κ1) is 21.5. The Morgan fingerprint density at radius 2 is 1.85 bits per heavy atom. The molecule has 150 valence electrons. The SMILES string of the molecule is CN=C(NCC(C)(C)CCS(C)(=O)=O)N1CCC(=Cc2ccccc2)CC1. The fourth-order valence-electron chi connectivity index (χ4n) is 3.14. The maximum absolute atomic E-state index is 11.4. The van der Waals surface area contributed by atoms with Gasteiger partial charge in [-0.15, -0.1) is 0 Å². The molecule has 0 aromatic heterocycles. The molecule has 0 spiro atoms. The molecule has 6 heteroatoms. The summed E-state index contributed by atoms with van der Waals surface area (Å²) in [6, 6.07) is 10.5. The van der Waals surface area contributed by atoms with E-state index in [1.807, 2.05) is 6.07 Å². The number of hydrogen-bond donors (Lipinski definition) is 1. The summed E-state index contributed by atoms with van der Waals surface area (Å²) in [6.07, 6.45) is 6.30. The topological polar surface area (TPSA) is 61.8 Å². The number of piperidine rings is 1. The second-order valence-corrected chi connectivity index (χ2v) is 10.4. The van der Waals surface area contributed by atoms with Crippen molar-refractivity contribution in [2.24, 2.45) is 10.4 Å². The van der Waals surface area contributed by atoms with Crippen LogP contribution in [-0.2, 0) is 9.84 Å². The van der Waals surface area contributed by atoms with Crippen LogP contribution in [0.25, 0.3) is 6.08 Å². The Labute approximate surface area is 164 Å². The summed E-state index contributed by atoms with van der Waals surface area (Å²) >= 11 is 0. The number of sulfone groups is 1. The minimum Gasteiger partial charge on any atom is -0.356 e. The van der Waals surface area contributed by atoms with Crippen molar-refractivity contribution in [2.75, 3.05) is 38.7 Å². The van der Waals surface area contributed by atoms with Gasteiger partial charge in [0.2, 0.25) is 0 Å². The second kappa shape index (κ2) is 9.40. The molecule has 0 saturated carbocycles. The Morgan fingerprint density at radius 1 is 1.22 bits per heavy atom. The van der Waals surface area contributed by atoms with Gasteiger partial charge in [-0.25, -0.2) is 8.42 Å². The Bertz CT molecular complexity index is 758. The molecule has 1 N–H and O–H groups in total. The molecule has 1 heterocycles. The fourth-order valence-corrected chi connectivity index (χ4v) is 4.06. The van der Waals surface area contributed by atoms with Crippen molar-refractivity contribution in [3.8, 4) is 0 Å². The van der Waals surface area contributed by atoms with E-state index in [1.54, 1.807) is 7.05 Å². The third-order valence-corrected chi connectivity index (χ3v) is 5.91. The molecular formula is C21H33N3O2S. The molecule has 2 rings (SSSR count). The van der Waals surface area contributed by atoms with Crippen molar-refractivity contribution in [1.29, 1.82) is 0 Å². The number of guanidine groups is 1. The molecule has 5 nitrogen and oxygen atoms in total. The highest BCUT2D eigenvalue weighted by Gasteiger charge is 2.23. The van der Waals surface area contributed by atoms with Gasteiger partial charge in [0.05, 0.1) is 5.75 Å². The molecule has 0 unspecified atom stereocenters. The summed E-state index contributed by atoms with van der Waals surface area (Å²) in [5.74, 6) is 1.12. The van der Waals surface area contributed by atoms with E-state index >= 15 is 0 Å². The van der Waals surface area contributed by atoms with Crippen molar-refractivity contribution in [3.05, 3.63) is 41.5 Å². The van der Waals surface area contributed by atoms with Gasteiger partial charge in [-0.05, 0) is 30.2 Å². The maximum Gasteiger partial charge on any atom is 0.193 e. The minimum absolute atomic E-state index is 0.104. The fraction of sp³-hybridized carbons (Fsp3) is 0.571. The first-order chi connectivity index (χ1) is 12.7. The van der Waals surface area contributed by atoms with Gasteiger partial charge in [-0.3, -0.25) is 4.99 Å². The molecule has 1 aliphatic heterocycles. The molecule has 27 heavy (non-hydrogen) atoms. The second-order valence-electron chi connectivity index (χ2n) is 8.15. The van der Waals surface area contributed by atoms with Gasteiger partial charge in [0, 0.05) is 32.9 Å². The number of likely N-dealkylation sites (tertiary alicyclic amines) is 1. The van der Waals surface area contributed by atoms with Crippen molar-refractivity contribution in [3.63, 3.8) is 0 Å². The predicted octanol–water partition coefficient (Wildman–Crippen LogP) is 3.20. The van der Waals surface area contributed by atoms with Gasteiger partial charge < -0.3 is 10.2 Å². The van der Waals surface area contributed by atoms with Gasteiger partial charge in [-0.2, -0.15) is 0 Å². The third kappa shape index (κ3) is 7.75. The summed E-state index contributed by atoms with van der Waals surface area (Å²) < 4.78 is 22.8. The summed E-state index contributed by atoms with van der Waals surface area (Å²) in [5.41, 5.74) is 2.63. The van der Waals surface area contributed by atoms with Gasteiger partial charge in [0.25, 0.3) is 0 Å². The van der Waals surface area contributed by atoms with Gasteiger partial charge in [-0.1, -0.05) is 55.8 Å². The van der Waals surface area contributed by atoms with Gasteiger partial charge in [0.15, 0.2) is 5.96 Å². The van der Waals surface area contributed by atoms with E-state index in [2.05, 4.69) is 59.4 Å². The molecule has 0 bridgehead atoms. The molecular weight excluding hydrogens is 358 g/mol. The largest absolute Gasteiger partial charge is 0.356 e. The van der Waals surface area contributed by atoms with Gasteiger partial charge >= 0.3 is 0 Å². The van der Waals surface area contributed by atoms with Crippen LogP contribution in [0.5, 0.6) is 0 Å². The summed E-state index contributed by atoms with van der Waals surface area (Å²) in [5, 5.41) is 3.44. The van der Waals surface area contributed by atoms with Crippen LogP contribution in [0.3, 0.4) is 0 Å². The van der Waals surface area contributed by atoms with Crippen LogP contribution in [-0.4, -0.2) is 58.0 Å². The van der Waals surface area contributed by atoms with Crippen molar-refractivity contribution >= 4 is 21.9 Å². The lowest BCUT2D eigenvalue weighted by Crippen LogP contribution is -2.47. The third-order valence-electron chi connectivity index (χ3n) is 4.96. The Kier molecular flexibility index (Phi) is 7.48. The van der Waals surface area contributed by atoms with E-state index in [0.717, 1.165) is 31.9 Å². The van der Waals surface area contributed by atoms with Crippen molar-refractivity contribution in [1.82, 2.24) is 10.2 Å². The number of rotatable bonds is 6. The van der Waals surface area contributed by atoms with E-state index in [0.29, 0.717) is 13.0 Å². The van der Waals surface area contributed by atoms with Crippen molar-refractivity contribution in [2.45, 2.75) is 33.1 Å². The van der Waals surface area contributed by atoms with E-state index < -0.39 is 9.84 Å². The average molecular weight is 392 g/mol. The van der Waals surface area contributed by atoms with Gasteiger partial charge in [0.1, 0.15) is 9.84 Å². The molecule has 1 saturated heterocycles. The number of hydrogen-bond acceptors (Lipinski definition) is 3. The summed E-state index contributed by atoms with van der Waals surface area (Å²) in [4.78, 5) is 6.71. The molecule has 1 aliphatic rings. The Balaban J connectivity index is 1.86. The Morgan fingerprint density at radius 3 is 2.41 bits per heavy atom. The molecule has 1 aromatic carbocycles. The zero-order valence-corrected chi connectivity index (χ0v) is 17.8. The van der Waals surface area contributed by atoms with Crippen LogP contribution in [0.4, 0.5) is 0 Å². The highest BCUT2D eigenvalue weighted by atomic mass is 32.2. The standard InChI is InChI=1S/C21H33N3O2S/c1-21(2,12-15-27(4,25)26)17-23-20(22-3)24-13-10-19(11-14-24)16-18-8-6-5-7-9-18/h5-9,16H,10-15,17H2,1-4H3,(H,22,23). The van der Waals surface area contributed by atoms with Crippen LogP contribution < -0.4 is 5.32 Å². The molecule has 0 radical (unpaired) electrons. The Hall–Kier alpha value is -1.82. The lowest BCUT2D eigenvalue weighted by atomic mass is 9.90. The average Bonchev–Trinajstić information content (AvgIpc) is 2.62. The lowest BCUT2D eigenvalue weighted by Gasteiger charge is -2.33. The highest BCUT2D eigenvalue weighted by Crippen LogP contribution is 2.22. The first-order valence-corrected chi connectivity index (χ1v) is 11.6. The molecule has 1 aromatic rings. The number of nitrogens with one attached hydrogen (secondary N) is 1. The molecule has 0 amide bonds. The first-order valence-electron chi connectivity index (χ1n) is 9.56. The molecule has 0 atom stereocenters. The molecule has 1 fully saturated rings. The lowest BCUT2D eigenvalue weighted by molar-refractivity contribution is 0.327. The zero-order chi connectivity index (χ0) is 19.9. The number of nitrogens with zero attached hydrogens (tertiary/aromatic N) is 2. The van der Waals surface area contributed by atoms with E-state index in [4.69, 9.17) is 0 Å². The van der Waals surface area contributed by atoms with E-state index in [-0.39, 0.29) is 11.2 Å². The predicted molar refractivity (Wildman–Crippen MR) is 115 cm³/mol.